The second-order valence-electron chi connectivity index (χ2n) is 5.22. The second kappa shape index (κ2) is 8.18. The Hall–Kier alpha value is -2.78. The summed E-state index contributed by atoms with van der Waals surface area (Å²) >= 11 is 5.96. The van der Waals surface area contributed by atoms with Crippen LogP contribution in [0.3, 0.4) is 0 Å². The summed E-state index contributed by atoms with van der Waals surface area (Å²) in [5.41, 5.74) is 5.98. The summed E-state index contributed by atoms with van der Waals surface area (Å²) in [6.45, 7) is 0.490. The van der Waals surface area contributed by atoms with Gasteiger partial charge in [0.2, 0.25) is 0 Å². The normalized spacial score (nSPS) is 10.7. The Morgan fingerprint density at radius 2 is 1.71 bits per heavy atom. The van der Waals surface area contributed by atoms with E-state index >= 15 is 0 Å². The van der Waals surface area contributed by atoms with Crippen molar-refractivity contribution in [1.29, 1.82) is 0 Å². The zero-order chi connectivity index (χ0) is 16.6. The highest BCUT2D eigenvalue weighted by atomic mass is 35.5. The first-order valence-corrected chi connectivity index (χ1v) is 7.99. The molecular weight excluding hydrogens is 320 g/mol. The number of nitrogens with one attached hydrogen (secondary N) is 1. The van der Waals surface area contributed by atoms with Gasteiger partial charge >= 0.3 is 0 Å². The SMILES string of the molecule is Clc1cccc(COc2ccc(/C=N/Nc3ccccc3)cc2)c1. The minimum atomic E-state index is 0.490. The van der Waals surface area contributed by atoms with Crippen LogP contribution >= 0.6 is 11.6 Å². The first-order chi connectivity index (χ1) is 11.8. The Morgan fingerprint density at radius 3 is 2.46 bits per heavy atom. The lowest BCUT2D eigenvalue weighted by Crippen LogP contribution is -1.95. The number of hydrogen-bond acceptors (Lipinski definition) is 3. The van der Waals surface area contributed by atoms with E-state index in [-0.39, 0.29) is 0 Å². The Bertz CT molecular complexity index is 801. The molecule has 0 saturated heterocycles. The lowest BCUT2D eigenvalue weighted by atomic mass is 10.2. The summed E-state index contributed by atoms with van der Waals surface area (Å²) in [5.74, 6) is 0.808. The van der Waals surface area contributed by atoms with Crippen molar-refractivity contribution in [2.45, 2.75) is 6.61 Å². The minimum absolute atomic E-state index is 0.490. The van der Waals surface area contributed by atoms with Gasteiger partial charge in [-0.15, -0.1) is 0 Å². The average Bonchev–Trinajstić information content (AvgIpc) is 2.62. The van der Waals surface area contributed by atoms with Gasteiger partial charge in [0.05, 0.1) is 11.9 Å². The molecule has 0 fully saturated rings. The molecule has 4 heteroatoms. The van der Waals surface area contributed by atoms with Gasteiger partial charge in [-0.2, -0.15) is 5.10 Å². The lowest BCUT2D eigenvalue weighted by Gasteiger charge is -2.06. The third-order valence-corrected chi connectivity index (χ3v) is 3.59. The Balaban J connectivity index is 1.53. The fourth-order valence-corrected chi connectivity index (χ4v) is 2.35. The first kappa shape index (κ1) is 16.1. The van der Waals surface area contributed by atoms with Crippen LogP contribution in [-0.4, -0.2) is 6.21 Å². The summed E-state index contributed by atoms with van der Waals surface area (Å²) in [7, 11) is 0. The number of halogens is 1. The molecule has 0 aromatic heterocycles. The summed E-state index contributed by atoms with van der Waals surface area (Å²) in [6.07, 6.45) is 1.77. The molecule has 0 heterocycles. The molecule has 0 radical (unpaired) electrons. The molecule has 0 atom stereocenters. The van der Waals surface area contributed by atoms with E-state index in [4.69, 9.17) is 16.3 Å². The predicted molar refractivity (Wildman–Crippen MR) is 99.9 cm³/mol. The standard InChI is InChI=1S/C20H17ClN2O/c21-18-6-4-5-17(13-18)15-24-20-11-9-16(10-12-20)14-22-23-19-7-2-1-3-8-19/h1-14,23H,15H2/b22-14+. The van der Waals surface area contributed by atoms with E-state index in [1.807, 2.05) is 78.9 Å². The molecule has 24 heavy (non-hydrogen) atoms. The Morgan fingerprint density at radius 1 is 0.917 bits per heavy atom. The van der Waals surface area contributed by atoms with Crippen LogP contribution in [0.25, 0.3) is 0 Å². The largest absolute Gasteiger partial charge is 0.489 e. The van der Waals surface area contributed by atoms with Crippen LogP contribution in [0.2, 0.25) is 5.02 Å². The van der Waals surface area contributed by atoms with Gasteiger partial charge in [-0.25, -0.2) is 0 Å². The van der Waals surface area contributed by atoms with Gasteiger partial charge < -0.3 is 4.74 Å². The van der Waals surface area contributed by atoms with Crippen LogP contribution in [0.1, 0.15) is 11.1 Å². The monoisotopic (exact) mass is 336 g/mol. The molecule has 3 aromatic carbocycles. The summed E-state index contributed by atoms with van der Waals surface area (Å²) in [6, 6.07) is 25.2. The molecular formula is C20H17ClN2O. The number of anilines is 1. The molecule has 0 unspecified atom stereocenters. The van der Waals surface area contributed by atoms with E-state index in [0.29, 0.717) is 11.6 Å². The quantitative estimate of drug-likeness (QED) is 0.485. The molecule has 0 saturated carbocycles. The van der Waals surface area contributed by atoms with Gasteiger partial charge in [-0.1, -0.05) is 41.9 Å². The zero-order valence-corrected chi connectivity index (χ0v) is 13.8. The lowest BCUT2D eigenvalue weighted by molar-refractivity contribution is 0.306. The predicted octanol–water partition coefficient (Wildman–Crippen LogP) is 5.37. The Labute approximate surface area is 146 Å². The fourth-order valence-electron chi connectivity index (χ4n) is 2.14. The molecule has 3 rings (SSSR count). The van der Waals surface area contributed by atoms with Crippen LogP contribution in [-0.2, 0) is 6.61 Å². The highest BCUT2D eigenvalue weighted by Gasteiger charge is 1.97. The van der Waals surface area contributed by atoms with Gasteiger partial charge in [0, 0.05) is 5.02 Å². The van der Waals surface area contributed by atoms with Crippen molar-refractivity contribution < 1.29 is 4.74 Å². The third-order valence-electron chi connectivity index (χ3n) is 3.36. The third kappa shape index (κ3) is 4.86. The number of para-hydroxylation sites is 1. The second-order valence-corrected chi connectivity index (χ2v) is 5.66. The van der Waals surface area contributed by atoms with Gasteiger partial charge in [0.1, 0.15) is 12.4 Å². The van der Waals surface area contributed by atoms with Crippen molar-refractivity contribution in [1.82, 2.24) is 0 Å². The molecule has 0 aliphatic rings. The van der Waals surface area contributed by atoms with Crippen molar-refractivity contribution in [3.8, 4) is 5.75 Å². The molecule has 3 aromatic rings. The maximum Gasteiger partial charge on any atom is 0.119 e. The van der Waals surface area contributed by atoms with E-state index < -0.39 is 0 Å². The van der Waals surface area contributed by atoms with Crippen molar-refractivity contribution in [2.24, 2.45) is 5.10 Å². The number of benzene rings is 3. The van der Waals surface area contributed by atoms with E-state index in [1.165, 1.54) is 0 Å². The molecule has 0 spiro atoms. The van der Waals surface area contributed by atoms with Crippen molar-refractivity contribution in [3.05, 3.63) is 95.0 Å². The highest BCUT2D eigenvalue weighted by molar-refractivity contribution is 6.30. The fraction of sp³-hybridized carbons (Fsp3) is 0.0500. The molecule has 0 amide bonds. The summed E-state index contributed by atoms with van der Waals surface area (Å²) < 4.78 is 5.76. The van der Waals surface area contributed by atoms with Crippen LogP contribution in [0.5, 0.6) is 5.75 Å². The molecule has 3 nitrogen and oxygen atoms in total. The summed E-state index contributed by atoms with van der Waals surface area (Å²) in [5, 5.41) is 4.93. The van der Waals surface area contributed by atoms with Crippen LogP contribution < -0.4 is 10.2 Å². The average molecular weight is 337 g/mol. The number of hydrogen-bond donors (Lipinski definition) is 1. The molecule has 120 valence electrons. The summed E-state index contributed by atoms with van der Waals surface area (Å²) in [4.78, 5) is 0. The van der Waals surface area contributed by atoms with Crippen LogP contribution in [0, 0.1) is 0 Å². The van der Waals surface area contributed by atoms with Crippen molar-refractivity contribution in [2.75, 3.05) is 5.43 Å². The van der Waals surface area contributed by atoms with Gasteiger partial charge in [-0.3, -0.25) is 5.43 Å². The number of hydrazone groups is 1. The van der Waals surface area contributed by atoms with E-state index in [2.05, 4.69) is 10.5 Å². The maximum absolute atomic E-state index is 5.96. The van der Waals surface area contributed by atoms with Crippen LogP contribution in [0.4, 0.5) is 5.69 Å². The maximum atomic E-state index is 5.96. The van der Waals surface area contributed by atoms with E-state index in [9.17, 15) is 0 Å². The first-order valence-electron chi connectivity index (χ1n) is 7.61. The smallest absolute Gasteiger partial charge is 0.119 e. The van der Waals surface area contributed by atoms with Gasteiger partial charge in [0.15, 0.2) is 0 Å². The van der Waals surface area contributed by atoms with Gasteiger partial charge in [-0.05, 0) is 59.7 Å². The molecule has 0 bridgehead atoms. The minimum Gasteiger partial charge on any atom is -0.489 e. The van der Waals surface area contributed by atoms with Gasteiger partial charge in [0.25, 0.3) is 0 Å². The number of ether oxygens (including phenoxy) is 1. The number of nitrogens with zero attached hydrogens (tertiary/aromatic N) is 1. The molecule has 1 N–H and O–H groups in total. The molecule has 0 aliphatic heterocycles. The van der Waals surface area contributed by atoms with Crippen molar-refractivity contribution in [3.63, 3.8) is 0 Å². The Kier molecular flexibility index (Phi) is 5.48. The number of rotatable bonds is 6. The highest BCUT2D eigenvalue weighted by Crippen LogP contribution is 2.16. The zero-order valence-electron chi connectivity index (χ0n) is 13.0. The van der Waals surface area contributed by atoms with E-state index in [0.717, 1.165) is 22.6 Å². The van der Waals surface area contributed by atoms with E-state index in [1.54, 1.807) is 6.21 Å². The molecule has 0 aliphatic carbocycles. The van der Waals surface area contributed by atoms with Crippen molar-refractivity contribution >= 4 is 23.5 Å². The topological polar surface area (TPSA) is 33.6 Å². The van der Waals surface area contributed by atoms with Crippen LogP contribution in [0.15, 0.2) is 84.0 Å².